The van der Waals surface area contributed by atoms with Crippen molar-refractivity contribution in [2.75, 3.05) is 13.2 Å². The van der Waals surface area contributed by atoms with Gasteiger partial charge in [-0.15, -0.1) is 10.2 Å². The Morgan fingerprint density at radius 3 is 2.90 bits per heavy atom. The lowest BCUT2D eigenvalue weighted by Crippen LogP contribution is -2.46. The van der Waals surface area contributed by atoms with Crippen LogP contribution in [0.1, 0.15) is 19.7 Å². The molecule has 108 valence electrons. The second kappa shape index (κ2) is 5.67. The molecule has 0 saturated carbocycles. The summed E-state index contributed by atoms with van der Waals surface area (Å²) in [7, 11) is 0. The summed E-state index contributed by atoms with van der Waals surface area (Å²) in [6.07, 6.45) is 0.231. The van der Waals surface area contributed by atoms with Gasteiger partial charge in [-0.1, -0.05) is 0 Å². The Balaban J connectivity index is 1.70. The highest BCUT2D eigenvalue weighted by molar-refractivity contribution is 9.10. The first-order valence-electron chi connectivity index (χ1n) is 6.55. The SMILES string of the molecule is C[C@@H]1CO[C@@H](C)CN1Cc1nnc(-c2ccc(Br)o2)o1. The molecule has 3 rings (SSSR count). The summed E-state index contributed by atoms with van der Waals surface area (Å²) in [5, 5.41) is 8.10. The number of ether oxygens (including phenoxy) is 1. The molecule has 20 heavy (non-hydrogen) atoms. The van der Waals surface area contributed by atoms with Gasteiger partial charge in [-0.2, -0.15) is 0 Å². The van der Waals surface area contributed by atoms with Crippen molar-refractivity contribution in [2.24, 2.45) is 0 Å². The average Bonchev–Trinajstić information content (AvgIpc) is 3.03. The quantitative estimate of drug-likeness (QED) is 0.855. The molecule has 0 radical (unpaired) electrons. The molecule has 3 heterocycles. The lowest BCUT2D eigenvalue weighted by molar-refractivity contribution is -0.0550. The Morgan fingerprint density at radius 2 is 2.15 bits per heavy atom. The van der Waals surface area contributed by atoms with Crippen molar-refractivity contribution >= 4 is 15.9 Å². The summed E-state index contributed by atoms with van der Waals surface area (Å²) in [5.41, 5.74) is 0. The van der Waals surface area contributed by atoms with E-state index in [-0.39, 0.29) is 6.10 Å². The maximum absolute atomic E-state index is 5.65. The zero-order chi connectivity index (χ0) is 14.1. The minimum absolute atomic E-state index is 0.231. The molecule has 0 aromatic carbocycles. The third kappa shape index (κ3) is 2.94. The molecule has 0 N–H and O–H groups in total. The minimum atomic E-state index is 0.231. The molecule has 0 unspecified atom stereocenters. The van der Waals surface area contributed by atoms with Gasteiger partial charge in [0.1, 0.15) is 0 Å². The fraction of sp³-hybridized carbons (Fsp3) is 0.538. The number of hydrogen-bond acceptors (Lipinski definition) is 6. The predicted molar refractivity (Wildman–Crippen MR) is 75.0 cm³/mol. The first-order valence-corrected chi connectivity index (χ1v) is 7.35. The summed E-state index contributed by atoms with van der Waals surface area (Å²) in [4.78, 5) is 2.28. The standard InChI is InChI=1S/C13H16BrN3O3/c1-8-7-18-9(2)5-17(8)6-12-15-16-13(20-12)10-3-4-11(14)19-10/h3-4,8-9H,5-7H2,1-2H3/t8-,9+/m1/s1. The van der Waals surface area contributed by atoms with Crippen LogP contribution in [0.15, 0.2) is 25.6 Å². The van der Waals surface area contributed by atoms with E-state index in [1.807, 2.05) is 0 Å². The summed E-state index contributed by atoms with van der Waals surface area (Å²) in [6, 6.07) is 3.94. The molecule has 0 bridgehead atoms. The summed E-state index contributed by atoms with van der Waals surface area (Å²) >= 11 is 3.25. The van der Waals surface area contributed by atoms with Crippen molar-refractivity contribution in [3.63, 3.8) is 0 Å². The van der Waals surface area contributed by atoms with E-state index < -0.39 is 0 Å². The van der Waals surface area contributed by atoms with Crippen molar-refractivity contribution in [3.05, 3.63) is 22.7 Å². The van der Waals surface area contributed by atoms with Gasteiger partial charge < -0.3 is 13.6 Å². The monoisotopic (exact) mass is 341 g/mol. The van der Waals surface area contributed by atoms with E-state index in [1.54, 1.807) is 12.1 Å². The molecule has 2 atom stereocenters. The Hall–Kier alpha value is -1.18. The average molecular weight is 342 g/mol. The summed E-state index contributed by atoms with van der Waals surface area (Å²) < 4.78 is 17.3. The molecule has 0 spiro atoms. The van der Waals surface area contributed by atoms with Gasteiger partial charge in [-0.05, 0) is 41.9 Å². The lowest BCUT2D eigenvalue weighted by atomic mass is 10.2. The van der Waals surface area contributed by atoms with Crippen molar-refractivity contribution in [3.8, 4) is 11.7 Å². The Labute approximate surface area is 125 Å². The van der Waals surface area contributed by atoms with Crippen LogP contribution in [0.3, 0.4) is 0 Å². The molecule has 2 aromatic heterocycles. The van der Waals surface area contributed by atoms with E-state index in [0.717, 1.165) is 13.2 Å². The normalized spacial score (nSPS) is 24.1. The molecule has 1 fully saturated rings. The van der Waals surface area contributed by atoms with E-state index in [0.29, 0.717) is 34.8 Å². The number of nitrogens with zero attached hydrogens (tertiary/aromatic N) is 3. The highest BCUT2D eigenvalue weighted by Gasteiger charge is 2.25. The van der Waals surface area contributed by atoms with E-state index >= 15 is 0 Å². The number of rotatable bonds is 3. The van der Waals surface area contributed by atoms with Crippen LogP contribution in [0.5, 0.6) is 0 Å². The van der Waals surface area contributed by atoms with Crippen LogP contribution < -0.4 is 0 Å². The van der Waals surface area contributed by atoms with E-state index in [4.69, 9.17) is 13.6 Å². The lowest BCUT2D eigenvalue weighted by Gasteiger charge is -2.35. The second-order valence-corrected chi connectivity index (χ2v) is 5.81. The van der Waals surface area contributed by atoms with Crippen molar-refractivity contribution in [1.82, 2.24) is 15.1 Å². The fourth-order valence-corrected chi connectivity index (χ4v) is 2.52. The van der Waals surface area contributed by atoms with Gasteiger partial charge in [0.2, 0.25) is 5.89 Å². The van der Waals surface area contributed by atoms with E-state index in [9.17, 15) is 0 Å². The molecule has 1 saturated heterocycles. The first kappa shape index (κ1) is 13.8. The fourth-order valence-electron chi connectivity index (χ4n) is 2.21. The second-order valence-electron chi connectivity index (χ2n) is 5.03. The third-order valence-corrected chi connectivity index (χ3v) is 3.75. The van der Waals surface area contributed by atoms with Crippen LogP contribution in [-0.2, 0) is 11.3 Å². The van der Waals surface area contributed by atoms with Gasteiger partial charge in [0.25, 0.3) is 5.89 Å². The maximum Gasteiger partial charge on any atom is 0.283 e. The molecule has 0 amide bonds. The van der Waals surface area contributed by atoms with Gasteiger partial charge >= 0.3 is 0 Å². The molecule has 1 aliphatic heterocycles. The Bertz CT molecular complexity index is 583. The molecular weight excluding hydrogens is 326 g/mol. The number of aromatic nitrogens is 2. The first-order chi connectivity index (χ1) is 9.61. The number of halogens is 1. The molecule has 7 heteroatoms. The highest BCUT2D eigenvalue weighted by Crippen LogP contribution is 2.24. The molecule has 1 aliphatic rings. The Kier molecular flexibility index (Phi) is 3.91. The maximum atomic E-state index is 5.65. The number of morpholine rings is 1. The molecule has 0 aliphatic carbocycles. The smallest absolute Gasteiger partial charge is 0.283 e. The minimum Gasteiger partial charge on any atom is -0.444 e. The van der Waals surface area contributed by atoms with Crippen LogP contribution in [0.2, 0.25) is 0 Å². The topological polar surface area (TPSA) is 64.5 Å². The van der Waals surface area contributed by atoms with Gasteiger partial charge in [-0.3, -0.25) is 4.90 Å². The molecule has 6 nitrogen and oxygen atoms in total. The predicted octanol–water partition coefficient (Wildman–Crippen LogP) is 2.70. The summed E-state index contributed by atoms with van der Waals surface area (Å²) in [6.45, 7) is 6.42. The van der Waals surface area contributed by atoms with Crippen molar-refractivity contribution < 1.29 is 13.6 Å². The number of furan rings is 1. The third-order valence-electron chi connectivity index (χ3n) is 3.33. The van der Waals surface area contributed by atoms with Gasteiger partial charge in [0.15, 0.2) is 10.4 Å². The van der Waals surface area contributed by atoms with Crippen LogP contribution in [0.25, 0.3) is 11.7 Å². The zero-order valence-electron chi connectivity index (χ0n) is 11.4. The Morgan fingerprint density at radius 1 is 1.30 bits per heavy atom. The van der Waals surface area contributed by atoms with Gasteiger partial charge in [0.05, 0.1) is 19.3 Å². The van der Waals surface area contributed by atoms with Crippen LogP contribution in [-0.4, -0.2) is 40.4 Å². The highest BCUT2D eigenvalue weighted by atomic mass is 79.9. The number of hydrogen-bond donors (Lipinski definition) is 0. The van der Waals surface area contributed by atoms with Gasteiger partial charge in [-0.25, -0.2) is 0 Å². The van der Waals surface area contributed by atoms with Gasteiger partial charge in [0, 0.05) is 12.6 Å². The molecule has 2 aromatic rings. The van der Waals surface area contributed by atoms with Crippen LogP contribution in [0, 0.1) is 0 Å². The summed E-state index contributed by atoms with van der Waals surface area (Å²) in [5.74, 6) is 1.56. The largest absolute Gasteiger partial charge is 0.444 e. The van der Waals surface area contributed by atoms with Crippen LogP contribution in [0.4, 0.5) is 0 Å². The van der Waals surface area contributed by atoms with E-state index in [2.05, 4.69) is 44.9 Å². The van der Waals surface area contributed by atoms with E-state index in [1.165, 1.54) is 0 Å². The zero-order valence-corrected chi connectivity index (χ0v) is 13.0. The van der Waals surface area contributed by atoms with Crippen molar-refractivity contribution in [2.45, 2.75) is 32.5 Å². The molecular formula is C13H16BrN3O3. The van der Waals surface area contributed by atoms with Crippen LogP contribution >= 0.6 is 15.9 Å². The van der Waals surface area contributed by atoms with Crippen molar-refractivity contribution in [1.29, 1.82) is 0 Å².